The molecule has 226 valence electrons. The van der Waals surface area contributed by atoms with Gasteiger partial charge in [-0.2, -0.15) is 0 Å². The summed E-state index contributed by atoms with van der Waals surface area (Å²) in [5.41, 5.74) is 3.44. The molecule has 0 heterocycles. The number of nitrogens with zero attached hydrogens (tertiary/aromatic N) is 2. The molecule has 3 aromatic rings. The molecule has 3 aromatic carbocycles. The molecule has 0 aromatic heterocycles. The summed E-state index contributed by atoms with van der Waals surface area (Å²) in [6, 6.07) is 23.6. The van der Waals surface area contributed by atoms with Crippen molar-refractivity contribution in [1.29, 1.82) is 0 Å². The van der Waals surface area contributed by atoms with Crippen molar-refractivity contribution < 1.29 is 22.7 Å². The number of anilines is 1. The van der Waals surface area contributed by atoms with Crippen LogP contribution in [0.25, 0.3) is 0 Å². The molecule has 9 heteroatoms. The fraction of sp³-hybridized carbons (Fsp3) is 0.394. The SMILES string of the molecule is COc1ccc(N(CCCC(=O)N(Cc2cccc(C)c2)[C@@H](Cc2ccccc2)C(=O)NCC(C)C)S(C)(=O)=O)cc1. The maximum Gasteiger partial charge on any atom is 0.243 e. The Bertz CT molecular complexity index is 1410. The number of carbonyl (C=O) groups excluding carboxylic acids is 2. The van der Waals surface area contributed by atoms with Crippen LogP contribution in [0.3, 0.4) is 0 Å². The summed E-state index contributed by atoms with van der Waals surface area (Å²) in [7, 11) is -2.04. The number of ether oxygens (including phenoxy) is 1. The number of benzene rings is 3. The quantitative estimate of drug-likeness (QED) is 0.269. The van der Waals surface area contributed by atoms with Gasteiger partial charge in [0, 0.05) is 32.5 Å². The normalized spacial score (nSPS) is 12.0. The van der Waals surface area contributed by atoms with Gasteiger partial charge in [-0.3, -0.25) is 13.9 Å². The number of hydrogen-bond donors (Lipinski definition) is 1. The van der Waals surface area contributed by atoms with Gasteiger partial charge in [0.05, 0.1) is 19.1 Å². The third kappa shape index (κ3) is 9.91. The van der Waals surface area contributed by atoms with Crippen LogP contribution >= 0.6 is 0 Å². The molecular weight excluding hydrogens is 550 g/mol. The van der Waals surface area contributed by atoms with Crippen LogP contribution in [-0.4, -0.2) is 57.6 Å². The Kier molecular flexibility index (Phi) is 12.0. The second-order valence-corrected chi connectivity index (χ2v) is 12.9. The number of sulfonamides is 1. The minimum Gasteiger partial charge on any atom is -0.497 e. The maximum atomic E-state index is 13.9. The van der Waals surface area contributed by atoms with Crippen molar-refractivity contribution in [2.45, 2.75) is 52.6 Å². The van der Waals surface area contributed by atoms with Crippen molar-refractivity contribution in [2.75, 3.05) is 30.8 Å². The zero-order valence-corrected chi connectivity index (χ0v) is 26.1. The predicted molar refractivity (Wildman–Crippen MR) is 168 cm³/mol. The molecule has 0 fully saturated rings. The lowest BCUT2D eigenvalue weighted by atomic mass is 10.0. The fourth-order valence-corrected chi connectivity index (χ4v) is 5.70. The largest absolute Gasteiger partial charge is 0.497 e. The Morgan fingerprint density at radius 1 is 0.929 bits per heavy atom. The van der Waals surface area contributed by atoms with Crippen LogP contribution in [0, 0.1) is 12.8 Å². The molecule has 0 bridgehead atoms. The minimum absolute atomic E-state index is 0.0801. The van der Waals surface area contributed by atoms with Gasteiger partial charge in [0.25, 0.3) is 0 Å². The zero-order valence-electron chi connectivity index (χ0n) is 25.2. The van der Waals surface area contributed by atoms with Crippen LogP contribution in [0.4, 0.5) is 5.69 Å². The van der Waals surface area contributed by atoms with E-state index in [0.717, 1.165) is 22.9 Å². The van der Waals surface area contributed by atoms with E-state index in [1.165, 1.54) is 4.31 Å². The number of aryl methyl sites for hydroxylation is 1. The van der Waals surface area contributed by atoms with E-state index in [0.29, 0.717) is 24.4 Å². The molecule has 1 N–H and O–H groups in total. The molecule has 2 amide bonds. The second-order valence-electron chi connectivity index (χ2n) is 11.0. The van der Waals surface area contributed by atoms with Crippen molar-refractivity contribution in [3.05, 3.63) is 95.6 Å². The third-order valence-electron chi connectivity index (χ3n) is 6.90. The van der Waals surface area contributed by atoms with E-state index < -0.39 is 16.1 Å². The Morgan fingerprint density at radius 2 is 1.60 bits per heavy atom. The molecule has 42 heavy (non-hydrogen) atoms. The van der Waals surface area contributed by atoms with Crippen molar-refractivity contribution in [2.24, 2.45) is 5.92 Å². The average molecular weight is 594 g/mol. The Hall–Kier alpha value is -3.85. The minimum atomic E-state index is -3.59. The van der Waals surface area contributed by atoms with E-state index in [4.69, 9.17) is 4.74 Å². The van der Waals surface area contributed by atoms with E-state index in [2.05, 4.69) is 5.32 Å². The van der Waals surface area contributed by atoms with Gasteiger partial charge in [-0.1, -0.05) is 74.0 Å². The van der Waals surface area contributed by atoms with Gasteiger partial charge in [-0.25, -0.2) is 8.42 Å². The first kappa shape index (κ1) is 32.7. The lowest BCUT2D eigenvalue weighted by Gasteiger charge is -2.32. The highest BCUT2D eigenvalue weighted by molar-refractivity contribution is 7.92. The highest BCUT2D eigenvalue weighted by Crippen LogP contribution is 2.23. The topological polar surface area (TPSA) is 96.0 Å². The van der Waals surface area contributed by atoms with Gasteiger partial charge < -0.3 is 15.0 Å². The molecule has 0 saturated carbocycles. The molecule has 0 aliphatic rings. The Morgan fingerprint density at radius 3 is 2.19 bits per heavy atom. The molecule has 0 spiro atoms. The van der Waals surface area contributed by atoms with Gasteiger partial charge >= 0.3 is 0 Å². The third-order valence-corrected chi connectivity index (χ3v) is 8.10. The highest BCUT2D eigenvalue weighted by atomic mass is 32.2. The lowest BCUT2D eigenvalue weighted by molar-refractivity contribution is -0.141. The number of hydrogen-bond acceptors (Lipinski definition) is 5. The van der Waals surface area contributed by atoms with Crippen molar-refractivity contribution >= 4 is 27.5 Å². The molecule has 0 aliphatic heterocycles. The number of carbonyl (C=O) groups is 2. The van der Waals surface area contributed by atoms with E-state index in [1.807, 2.05) is 75.4 Å². The Balaban J connectivity index is 1.87. The maximum absolute atomic E-state index is 13.9. The standard InChI is InChI=1S/C33H43N3O5S/c1-25(2)23-34-33(38)31(22-27-12-7-6-8-13-27)35(24-28-14-9-11-26(3)21-28)32(37)15-10-20-36(42(5,39)40)29-16-18-30(41-4)19-17-29/h6-9,11-14,16-19,21,25,31H,10,15,20,22-24H2,1-5H3,(H,34,38)/t31-/m0/s1. The average Bonchev–Trinajstić information content (AvgIpc) is 2.95. The van der Waals surface area contributed by atoms with Crippen LogP contribution in [-0.2, 0) is 32.6 Å². The molecule has 0 aliphatic carbocycles. The lowest BCUT2D eigenvalue weighted by Crippen LogP contribution is -2.51. The number of rotatable bonds is 15. The molecule has 1 atom stereocenters. The molecule has 0 unspecified atom stereocenters. The number of amides is 2. The summed E-state index contributed by atoms with van der Waals surface area (Å²) in [6.45, 7) is 6.93. The summed E-state index contributed by atoms with van der Waals surface area (Å²) in [4.78, 5) is 29.2. The molecule has 3 rings (SSSR count). The van der Waals surface area contributed by atoms with E-state index in [-0.39, 0.29) is 43.7 Å². The first-order valence-electron chi connectivity index (χ1n) is 14.3. The predicted octanol–water partition coefficient (Wildman–Crippen LogP) is 4.96. The van der Waals surface area contributed by atoms with Crippen LogP contribution in [0.5, 0.6) is 5.75 Å². The molecule has 0 radical (unpaired) electrons. The van der Waals surface area contributed by atoms with Crippen molar-refractivity contribution in [1.82, 2.24) is 10.2 Å². The highest BCUT2D eigenvalue weighted by Gasteiger charge is 2.30. The van der Waals surface area contributed by atoms with Crippen LogP contribution in [0.15, 0.2) is 78.9 Å². The summed E-state index contributed by atoms with van der Waals surface area (Å²) >= 11 is 0. The second kappa shape index (κ2) is 15.4. The van der Waals surface area contributed by atoms with Crippen molar-refractivity contribution in [3.63, 3.8) is 0 Å². The fourth-order valence-electron chi connectivity index (χ4n) is 4.74. The van der Waals surface area contributed by atoms with E-state index in [1.54, 1.807) is 36.3 Å². The summed E-state index contributed by atoms with van der Waals surface area (Å²) < 4.78 is 31.8. The van der Waals surface area contributed by atoms with E-state index >= 15 is 0 Å². The summed E-state index contributed by atoms with van der Waals surface area (Å²) in [6.07, 6.45) is 1.88. The monoisotopic (exact) mass is 593 g/mol. The van der Waals surface area contributed by atoms with E-state index in [9.17, 15) is 18.0 Å². The summed E-state index contributed by atoms with van der Waals surface area (Å²) in [5.74, 6) is 0.464. The van der Waals surface area contributed by atoms with Crippen LogP contribution < -0.4 is 14.4 Å². The van der Waals surface area contributed by atoms with Gasteiger partial charge in [-0.05, 0) is 54.7 Å². The smallest absolute Gasteiger partial charge is 0.243 e. The Labute approximate surface area is 250 Å². The molecular formula is C33H43N3O5S. The van der Waals surface area contributed by atoms with Gasteiger partial charge in [0.2, 0.25) is 21.8 Å². The number of methoxy groups -OCH3 is 1. The molecule has 0 saturated heterocycles. The van der Waals surface area contributed by atoms with Gasteiger partial charge in [0.1, 0.15) is 11.8 Å². The van der Waals surface area contributed by atoms with Gasteiger partial charge in [-0.15, -0.1) is 0 Å². The van der Waals surface area contributed by atoms with Gasteiger partial charge in [0.15, 0.2) is 0 Å². The number of nitrogens with one attached hydrogen (secondary N) is 1. The van der Waals surface area contributed by atoms with Crippen molar-refractivity contribution in [3.8, 4) is 5.75 Å². The van der Waals surface area contributed by atoms with Crippen LogP contribution in [0.1, 0.15) is 43.4 Å². The zero-order chi connectivity index (χ0) is 30.7. The first-order valence-corrected chi connectivity index (χ1v) is 16.1. The first-order chi connectivity index (χ1) is 20.0. The van der Waals surface area contributed by atoms with Crippen LogP contribution in [0.2, 0.25) is 0 Å². The molecule has 8 nitrogen and oxygen atoms in total. The summed E-state index contributed by atoms with van der Waals surface area (Å²) in [5, 5.41) is 3.03.